The van der Waals surface area contributed by atoms with Crippen molar-refractivity contribution in [3.8, 4) is 0 Å². The zero-order chi connectivity index (χ0) is 14.1. The smallest absolute Gasteiger partial charge is 0.157 e. The van der Waals surface area contributed by atoms with Gasteiger partial charge < -0.3 is 15.2 Å². The van der Waals surface area contributed by atoms with E-state index in [9.17, 15) is 0 Å². The number of nitrogens with zero attached hydrogens (tertiary/aromatic N) is 2. The number of ether oxygens (including phenoxy) is 1. The minimum Gasteiger partial charge on any atom is -0.396 e. The third-order valence-electron chi connectivity index (χ3n) is 2.41. The van der Waals surface area contributed by atoms with Crippen LogP contribution in [0.3, 0.4) is 0 Å². The molecule has 0 fully saturated rings. The fraction of sp³-hybridized carbons (Fsp3) is 0.692. The predicted octanol–water partition coefficient (Wildman–Crippen LogP) is 2.17. The van der Waals surface area contributed by atoms with Crippen LogP contribution in [0.4, 0.5) is 5.82 Å². The topological polar surface area (TPSA) is 67.3 Å². The van der Waals surface area contributed by atoms with E-state index in [0.29, 0.717) is 12.4 Å². The van der Waals surface area contributed by atoms with E-state index >= 15 is 0 Å². The van der Waals surface area contributed by atoms with E-state index in [4.69, 9.17) is 9.84 Å². The highest BCUT2D eigenvalue weighted by Gasteiger charge is 2.07. The van der Waals surface area contributed by atoms with Crippen LogP contribution in [0.2, 0.25) is 0 Å². The van der Waals surface area contributed by atoms with Gasteiger partial charge in [-0.25, -0.2) is 9.97 Å². The van der Waals surface area contributed by atoms with Crippen LogP contribution >= 0.6 is 11.8 Å². The van der Waals surface area contributed by atoms with Gasteiger partial charge in [-0.2, -0.15) is 0 Å². The Hall–Kier alpha value is -0.850. The molecule has 1 heterocycles. The third kappa shape index (κ3) is 6.22. The van der Waals surface area contributed by atoms with Crippen molar-refractivity contribution in [2.45, 2.75) is 31.9 Å². The van der Waals surface area contributed by atoms with Gasteiger partial charge in [0.25, 0.3) is 0 Å². The first-order chi connectivity index (χ1) is 9.19. The molecule has 0 aliphatic heterocycles. The van der Waals surface area contributed by atoms with Gasteiger partial charge in [-0.05, 0) is 12.3 Å². The standard InChI is InChI=1S/C13H23N3O2S/c1-4-5-14-11-6-13(19-9-10(2)7-17)16-12(15-11)8-18-3/h6,10,17H,4-5,7-9H2,1-3H3,(H,14,15,16). The number of hydrogen-bond donors (Lipinski definition) is 2. The van der Waals surface area contributed by atoms with Crippen molar-refractivity contribution < 1.29 is 9.84 Å². The van der Waals surface area contributed by atoms with E-state index in [1.54, 1.807) is 18.9 Å². The second-order valence-corrected chi connectivity index (χ2v) is 5.51. The zero-order valence-electron chi connectivity index (χ0n) is 11.8. The molecule has 6 heteroatoms. The minimum absolute atomic E-state index is 0.198. The number of aromatic nitrogens is 2. The summed E-state index contributed by atoms with van der Waals surface area (Å²) in [4.78, 5) is 8.84. The van der Waals surface area contributed by atoms with Gasteiger partial charge in [0, 0.05) is 32.1 Å². The lowest BCUT2D eigenvalue weighted by Gasteiger charge is -2.10. The molecule has 1 aromatic rings. The van der Waals surface area contributed by atoms with E-state index in [1.165, 1.54) is 0 Å². The average Bonchev–Trinajstić information content (AvgIpc) is 2.42. The largest absolute Gasteiger partial charge is 0.396 e. The molecule has 1 unspecified atom stereocenters. The monoisotopic (exact) mass is 285 g/mol. The van der Waals surface area contributed by atoms with E-state index < -0.39 is 0 Å². The lowest BCUT2D eigenvalue weighted by molar-refractivity contribution is 0.177. The van der Waals surface area contributed by atoms with Gasteiger partial charge in [0.2, 0.25) is 0 Å². The zero-order valence-corrected chi connectivity index (χ0v) is 12.7. The molecule has 5 nitrogen and oxygen atoms in total. The molecule has 1 rings (SSSR count). The number of rotatable bonds is 9. The van der Waals surface area contributed by atoms with Gasteiger partial charge in [-0.1, -0.05) is 13.8 Å². The van der Waals surface area contributed by atoms with Crippen LogP contribution in [-0.2, 0) is 11.3 Å². The quantitative estimate of drug-likeness (QED) is 0.535. The van der Waals surface area contributed by atoms with Crippen molar-refractivity contribution in [3.05, 3.63) is 11.9 Å². The molecule has 19 heavy (non-hydrogen) atoms. The van der Waals surface area contributed by atoms with Gasteiger partial charge in [0.05, 0.1) is 0 Å². The summed E-state index contributed by atoms with van der Waals surface area (Å²) in [6.45, 7) is 5.62. The van der Waals surface area contributed by atoms with Gasteiger partial charge in [0.15, 0.2) is 5.82 Å². The van der Waals surface area contributed by atoms with Gasteiger partial charge in [0.1, 0.15) is 17.5 Å². The Morgan fingerprint density at radius 3 is 2.89 bits per heavy atom. The molecule has 0 aliphatic rings. The number of thioether (sulfide) groups is 1. The van der Waals surface area contributed by atoms with Crippen LogP contribution in [0.1, 0.15) is 26.1 Å². The summed E-state index contributed by atoms with van der Waals surface area (Å²) in [5.41, 5.74) is 0. The van der Waals surface area contributed by atoms with Crippen LogP contribution in [-0.4, -0.2) is 41.1 Å². The van der Waals surface area contributed by atoms with Crippen molar-refractivity contribution in [1.29, 1.82) is 0 Å². The Morgan fingerprint density at radius 1 is 1.47 bits per heavy atom. The highest BCUT2D eigenvalue weighted by molar-refractivity contribution is 7.99. The number of aliphatic hydroxyl groups excluding tert-OH is 1. The molecule has 0 aromatic carbocycles. The van der Waals surface area contributed by atoms with Crippen molar-refractivity contribution in [2.75, 3.05) is 31.3 Å². The summed E-state index contributed by atoms with van der Waals surface area (Å²) in [5.74, 6) is 2.62. The number of aliphatic hydroxyl groups is 1. The Kier molecular flexibility index (Phi) is 7.78. The number of nitrogens with one attached hydrogen (secondary N) is 1. The lowest BCUT2D eigenvalue weighted by atomic mass is 10.2. The molecule has 1 atom stereocenters. The Labute approximate surface area is 119 Å². The Morgan fingerprint density at radius 2 is 2.26 bits per heavy atom. The molecule has 2 N–H and O–H groups in total. The van der Waals surface area contributed by atoms with Crippen LogP contribution in [0.5, 0.6) is 0 Å². The first-order valence-corrected chi connectivity index (χ1v) is 7.52. The maximum atomic E-state index is 9.04. The van der Waals surface area contributed by atoms with E-state index in [1.807, 2.05) is 13.0 Å². The highest BCUT2D eigenvalue weighted by atomic mass is 32.2. The van der Waals surface area contributed by atoms with E-state index in [-0.39, 0.29) is 12.5 Å². The fourth-order valence-electron chi connectivity index (χ4n) is 1.36. The molecule has 0 spiro atoms. The van der Waals surface area contributed by atoms with Gasteiger partial charge >= 0.3 is 0 Å². The van der Waals surface area contributed by atoms with Crippen molar-refractivity contribution in [1.82, 2.24) is 9.97 Å². The normalized spacial score (nSPS) is 12.4. The molecule has 0 saturated carbocycles. The van der Waals surface area contributed by atoms with Crippen LogP contribution < -0.4 is 5.32 Å². The highest BCUT2D eigenvalue weighted by Crippen LogP contribution is 2.21. The summed E-state index contributed by atoms with van der Waals surface area (Å²) >= 11 is 1.63. The summed E-state index contributed by atoms with van der Waals surface area (Å²) in [6, 6.07) is 1.95. The summed E-state index contributed by atoms with van der Waals surface area (Å²) < 4.78 is 5.09. The first kappa shape index (κ1) is 16.2. The van der Waals surface area contributed by atoms with Crippen LogP contribution in [0, 0.1) is 5.92 Å². The van der Waals surface area contributed by atoms with Crippen molar-refractivity contribution in [2.24, 2.45) is 5.92 Å². The number of hydrogen-bond acceptors (Lipinski definition) is 6. The molecule has 0 amide bonds. The van der Waals surface area contributed by atoms with Crippen LogP contribution in [0.25, 0.3) is 0 Å². The summed E-state index contributed by atoms with van der Waals surface area (Å²) in [6.07, 6.45) is 1.05. The Balaban J connectivity index is 2.73. The molecule has 108 valence electrons. The molecule has 0 radical (unpaired) electrons. The van der Waals surface area contributed by atoms with E-state index in [0.717, 1.165) is 29.6 Å². The predicted molar refractivity (Wildman–Crippen MR) is 78.5 cm³/mol. The molecular formula is C13H23N3O2S. The van der Waals surface area contributed by atoms with Crippen molar-refractivity contribution >= 4 is 17.6 Å². The third-order valence-corrected chi connectivity index (χ3v) is 3.65. The molecular weight excluding hydrogens is 262 g/mol. The summed E-state index contributed by atoms with van der Waals surface area (Å²) in [7, 11) is 1.64. The lowest BCUT2D eigenvalue weighted by Crippen LogP contribution is -2.08. The second-order valence-electron chi connectivity index (χ2n) is 4.47. The van der Waals surface area contributed by atoms with Crippen LogP contribution in [0.15, 0.2) is 11.1 Å². The maximum Gasteiger partial charge on any atom is 0.157 e. The molecule has 1 aromatic heterocycles. The maximum absolute atomic E-state index is 9.04. The summed E-state index contributed by atoms with van der Waals surface area (Å²) in [5, 5.41) is 13.2. The van der Waals surface area contributed by atoms with Crippen molar-refractivity contribution in [3.63, 3.8) is 0 Å². The minimum atomic E-state index is 0.198. The average molecular weight is 285 g/mol. The SMILES string of the molecule is CCCNc1cc(SCC(C)CO)nc(COC)n1. The van der Waals surface area contributed by atoms with Gasteiger partial charge in [-0.15, -0.1) is 11.8 Å². The molecule has 0 aliphatic carbocycles. The Bertz CT molecular complexity index is 377. The molecule has 0 bridgehead atoms. The fourth-order valence-corrected chi connectivity index (χ4v) is 2.29. The first-order valence-electron chi connectivity index (χ1n) is 6.54. The molecule has 0 saturated heterocycles. The number of anilines is 1. The number of methoxy groups -OCH3 is 1. The van der Waals surface area contributed by atoms with Gasteiger partial charge in [-0.3, -0.25) is 0 Å². The van der Waals surface area contributed by atoms with E-state index in [2.05, 4.69) is 22.2 Å². The second kappa shape index (κ2) is 9.12.